The number of rotatable bonds is 4. The van der Waals surface area contributed by atoms with E-state index in [1.54, 1.807) is 24.3 Å². The lowest BCUT2D eigenvalue weighted by Crippen LogP contribution is -2.48. The first-order valence-electron chi connectivity index (χ1n) is 6.47. The molecule has 21 heavy (non-hydrogen) atoms. The molecular formula is C11H15N7O2S. The van der Waals surface area contributed by atoms with E-state index in [4.69, 9.17) is 0 Å². The molecule has 2 N–H and O–H groups in total. The lowest BCUT2D eigenvalue weighted by molar-refractivity contribution is 0.362. The van der Waals surface area contributed by atoms with E-state index in [-0.39, 0.29) is 0 Å². The standard InChI is InChI=1S/C11H15N7O2S/c19-21(20,17-6-4-12-5-7-17)14-10-2-1-3-11(8-10)18-9-13-15-16-18/h1-3,8-9,12,14H,4-7H2. The summed E-state index contributed by atoms with van der Waals surface area (Å²) in [6.45, 7) is 2.24. The third-order valence-electron chi connectivity index (χ3n) is 3.12. The fourth-order valence-electron chi connectivity index (χ4n) is 2.09. The highest BCUT2D eigenvalue weighted by Crippen LogP contribution is 2.16. The lowest BCUT2D eigenvalue weighted by Gasteiger charge is -2.26. The van der Waals surface area contributed by atoms with Gasteiger partial charge in [-0.25, -0.2) is 4.68 Å². The Bertz CT molecular complexity index is 695. The molecular weight excluding hydrogens is 294 g/mol. The van der Waals surface area contributed by atoms with E-state index >= 15 is 0 Å². The first-order chi connectivity index (χ1) is 10.1. The SMILES string of the molecule is O=S(=O)(Nc1cccc(-n2cnnn2)c1)N1CCNCC1. The zero-order chi connectivity index (χ0) is 14.7. The Morgan fingerprint density at radius 3 is 2.76 bits per heavy atom. The van der Waals surface area contributed by atoms with Crippen LogP contribution < -0.4 is 10.0 Å². The monoisotopic (exact) mass is 309 g/mol. The van der Waals surface area contributed by atoms with Crippen LogP contribution in [0.25, 0.3) is 5.69 Å². The molecule has 0 atom stereocenters. The molecule has 2 heterocycles. The molecule has 0 aliphatic carbocycles. The van der Waals surface area contributed by atoms with Crippen LogP contribution in [0.1, 0.15) is 0 Å². The van der Waals surface area contributed by atoms with Gasteiger partial charge in [0.25, 0.3) is 0 Å². The summed E-state index contributed by atoms with van der Waals surface area (Å²) in [7, 11) is -3.54. The fraction of sp³-hybridized carbons (Fsp3) is 0.364. The minimum atomic E-state index is -3.54. The predicted octanol–water partition coefficient (Wildman–Crippen LogP) is -0.776. The van der Waals surface area contributed by atoms with Crippen molar-refractivity contribution in [3.8, 4) is 5.69 Å². The molecule has 0 unspecified atom stereocenters. The molecule has 3 rings (SSSR count). The third-order valence-corrected chi connectivity index (χ3v) is 4.66. The van der Waals surface area contributed by atoms with Crippen molar-refractivity contribution in [1.82, 2.24) is 29.8 Å². The van der Waals surface area contributed by atoms with E-state index in [1.165, 1.54) is 15.3 Å². The summed E-state index contributed by atoms with van der Waals surface area (Å²) in [4.78, 5) is 0. The van der Waals surface area contributed by atoms with E-state index in [1.807, 2.05) is 0 Å². The van der Waals surface area contributed by atoms with Gasteiger partial charge in [-0.2, -0.15) is 12.7 Å². The summed E-state index contributed by atoms with van der Waals surface area (Å²) in [5.41, 5.74) is 1.15. The van der Waals surface area contributed by atoms with Gasteiger partial charge in [-0.15, -0.1) is 5.10 Å². The molecule has 0 amide bonds. The molecule has 1 aromatic carbocycles. The number of aromatic nitrogens is 4. The van der Waals surface area contributed by atoms with Crippen LogP contribution in [0, 0.1) is 0 Å². The van der Waals surface area contributed by atoms with E-state index in [9.17, 15) is 8.42 Å². The highest BCUT2D eigenvalue weighted by Gasteiger charge is 2.23. The number of piperazine rings is 1. The van der Waals surface area contributed by atoms with Gasteiger partial charge >= 0.3 is 10.2 Å². The average Bonchev–Trinajstić information content (AvgIpc) is 3.02. The number of hydrogen-bond acceptors (Lipinski definition) is 6. The minimum Gasteiger partial charge on any atom is -0.314 e. The van der Waals surface area contributed by atoms with Crippen molar-refractivity contribution < 1.29 is 8.42 Å². The normalized spacial score (nSPS) is 16.8. The maximum absolute atomic E-state index is 12.3. The summed E-state index contributed by atoms with van der Waals surface area (Å²) in [6.07, 6.45) is 1.45. The molecule has 1 saturated heterocycles. The molecule has 1 aliphatic rings. The molecule has 0 spiro atoms. The van der Waals surface area contributed by atoms with Gasteiger partial charge in [-0.05, 0) is 28.6 Å². The zero-order valence-electron chi connectivity index (χ0n) is 11.2. The fourth-order valence-corrected chi connectivity index (χ4v) is 3.31. The molecule has 1 fully saturated rings. The third kappa shape index (κ3) is 3.17. The van der Waals surface area contributed by atoms with Crippen molar-refractivity contribution in [3.05, 3.63) is 30.6 Å². The maximum Gasteiger partial charge on any atom is 0.301 e. The van der Waals surface area contributed by atoms with Crippen molar-refractivity contribution >= 4 is 15.9 Å². The summed E-state index contributed by atoms with van der Waals surface area (Å²) >= 11 is 0. The first-order valence-corrected chi connectivity index (χ1v) is 7.91. The van der Waals surface area contributed by atoms with Crippen molar-refractivity contribution in [3.63, 3.8) is 0 Å². The Morgan fingerprint density at radius 2 is 2.05 bits per heavy atom. The lowest BCUT2D eigenvalue weighted by atomic mass is 10.3. The molecule has 0 bridgehead atoms. The van der Waals surface area contributed by atoms with Gasteiger partial charge in [-0.1, -0.05) is 6.07 Å². The summed E-state index contributed by atoms with van der Waals surface area (Å²) in [5, 5.41) is 14.0. The predicted molar refractivity (Wildman–Crippen MR) is 76.1 cm³/mol. The van der Waals surface area contributed by atoms with Gasteiger partial charge in [0.15, 0.2) is 0 Å². The van der Waals surface area contributed by atoms with Crippen molar-refractivity contribution in [2.45, 2.75) is 0 Å². The number of anilines is 1. The van der Waals surface area contributed by atoms with Crippen LogP contribution in [0.5, 0.6) is 0 Å². The van der Waals surface area contributed by atoms with E-state index in [0.29, 0.717) is 37.6 Å². The molecule has 1 aliphatic heterocycles. The molecule has 9 nitrogen and oxygen atoms in total. The summed E-state index contributed by atoms with van der Waals surface area (Å²) in [6, 6.07) is 6.90. The van der Waals surface area contributed by atoms with Gasteiger partial charge in [0.1, 0.15) is 6.33 Å². The molecule has 1 aromatic heterocycles. The quantitative estimate of drug-likeness (QED) is 0.768. The molecule has 112 valence electrons. The van der Waals surface area contributed by atoms with E-state index < -0.39 is 10.2 Å². The first kappa shape index (κ1) is 13.9. The second kappa shape index (κ2) is 5.76. The van der Waals surface area contributed by atoms with Gasteiger partial charge in [0.2, 0.25) is 0 Å². The average molecular weight is 309 g/mol. The maximum atomic E-state index is 12.3. The van der Waals surface area contributed by atoms with Crippen LogP contribution in [-0.2, 0) is 10.2 Å². The second-order valence-corrected chi connectivity index (χ2v) is 6.23. The number of nitrogens with zero attached hydrogens (tertiary/aromatic N) is 5. The van der Waals surface area contributed by atoms with Crippen molar-refractivity contribution in [1.29, 1.82) is 0 Å². The molecule has 0 saturated carbocycles. The molecule has 10 heteroatoms. The number of benzene rings is 1. The van der Waals surface area contributed by atoms with Gasteiger partial charge in [0, 0.05) is 26.2 Å². The molecule has 0 radical (unpaired) electrons. The summed E-state index contributed by atoms with van der Waals surface area (Å²) < 4.78 is 30.0. The Balaban J connectivity index is 1.80. The Morgan fingerprint density at radius 1 is 1.24 bits per heavy atom. The zero-order valence-corrected chi connectivity index (χ0v) is 12.0. The highest BCUT2D eigenvalue weighted by atomic mass is 32.2. The smallest absolute Gasteiger partial charge is 0.301 e. The topological polar surface area (TPSA) is 105 Å². The van der Waals surface area contributed by atoms with Crippen molar-refractivity contribution in [2.24, 2.45) is 0 Å². The number of nitrogens with one attached hydrogen (secondary N) is 2. The van der Waals surface area contributed by atoms with Crippen LogP contribution in [0.4, 0.5) is 5.69 Å². The minimum absolute atomic E-state index is 0.460. The van der Waals surface area contributed by atoms with Gasteiger partial charge in [-0.3, -0.25) is 4.72 Å². The van der Waals surface area contributed by atoms with Gasteiger partial charge in [0.05, 0.1) is 11.4 Å². The van der Waals surface area contributed by atoms with E-state index in [0.717, 1.165) is 0 Å². The van der Waals surface area contributed by atoms with Crippen LogP contribution >= 0.6 is 0 Å². The van der Waals surface area contributed by atoms with Crippen LogP contribution in [0.2, 0.25) is 0 Å². The van der Waals surface area contributed by atoms with Crippen LogP contribution in [0.15, 0.2) is 30.6 Å². The number of tetrazole rings is 1. The second-order valence-electron chi connectivity index (χ2n) is 4.56. The Kier molecular flexibility index (Phi) is 3.82. The Hall–Kier alpha value is -2.04. The molecule has 2 aromatic rings. The van der Waals surface area contributed by atoms with Crippen molar-refractivity contribution in [2.75, 3.05) is 30.9 Å². The summed E-state index contributed by atoms with van der Waals surface area (Å²) in [5.74, 6) is 0. The highest BCUT2D eigenvalue weighted by molar-refractivity contribution is 7.90. The largest absolute Gasteiger partial charge is 0.314 e. The van der Waals surface area contributed by atoms with E-state index in [2.05, 4.69) is 25.6 Å². The van der Waals surface area contributed by atoms with Crippen LogP contribution in [0.3, 0.4) is 0 Å². The van der Waals surface area contributed by atoms with Crippen LogP contribution in [-0.4, -0.2) is 59.1 Å². The van der Waals surface area contributed by atoms with Gasteiger partial charge < -0.3 is 5.32 Å². The Labute approximate surface area is 122 Å². The number of hydrogen-bond donors (Lipinski definition) is 2.